The van der Waals surface area contributed by atoms with E-state index in [1.54, 1.807) is 18.5 Å². The number of benzene rings is 1. The molecular formula is C17H18N4OS. The number of carbonyl (C=O) groups excluding carboxylic acids is 1. The predicted molar refractivity (Wildman–Crippen MR) is 96.3 cm³/mol. The molecule has 0 atom stereocenters. The minimum Gasteiger partial charge on any atom is -0.398 e. The summed E-state index contributed by atoms with van der Waals surface area (Å²) < 4.78 is 0. The molecule has 0 aliphatic rings. The van der Waals surface area contributed by atoms with E-state index in [0.717, 1.165) is 11.1 Å². The zero-order valence-electron chi connectivity index (χ0n) is 12.7. The van der Waals surface area contributed by atoms with Crippen molar-refractivity contribution < 1.29 is 4.79 Å². The summed E-state index contributed by atoms with van der Waals surface area (Å²) in [7, 11) is 0. The van der Waals surface area contributed by atoms with Crippen LogP contribution in [0.4, 0.5) is 5.69 Å². The Morgan fingerprint density at radius 2 is 2.13 bits per heavy atom. The summed E-state index contributed by atoms with van der Waals surface area (Å²) in [5.74, 6) is 0.354. The summed E-state index contributed by atoms with van der Waals surface area (Å²) in [6.45, 7) is 1.91. The number of nitrogens with two attached hydrogens (primary N) is 2. The molecule has 0 saturated heterocycles. The minimum absolute atomic E-state index is 0.132. The van der Waals surface area contributed by atoms with Crippen molar-refractivity contribution in [2.24, 2.45) is 5.73 Å². The van der Waals surface area contributed by atoms with Gasteiger partial charge in [0.05, 0.1) is 11.4 Å². The lowest BCUT2D eigenvalue weighted by Gasteiger charge is -2.12. The SMILES string of the molecule is Cc1cccc(C(=N)CS/C(=C(\N)C=O)c2cccnc2)c1N. The normalized spacial score (nSPS) is 11.7. The zero-order valence-corrected chi connectivity index (χ0v) is 13.6. The van der Waals surface area contributed by atoms with E-state index in [2.05, 4.69) is 4.98 Å². The second-order valence-electron chi connectivity index (χ2n) is 4.95. The van der Waals surface area contributed by atoms with Gasteiger partial charge < -0.3 is 16.9 Å². The highest BCUT2D eigenvalue weighted by Gasteiger charge is 2.12. The van der Waals surface area contributed by atoms with Crippen LogP contribution >= 0.6 is 11.8 Å². The van der Waals surface area contributed by atoms with Crippen LogP contribution in [-0.4, -0.2) is 22.7 Å². The molecule has 5 nitrogen and oxygen atoms in total. The number of rotatable bonds is 6. The van der Waals surface area contributed by atoms with E-state index in [-0.39, 0.29) is 5.70 Å². The number of nitrogen functional groups attached to an aromatic ring is 1. The highest BCUT2D eigenvalue weighted by atomic mass is 32.2. The van der Waals surface area contributed by atoms with Gasteiger partial charge in [-0.15, -0.1) is 11.8 Å². The molecule has 2 aromatic rings. The number of aldehydes is 1. The number of pyridine rings is 1. The second-order valence-corrected chi connectivity index (χ2v) is 5.93. The third kappa shape index (κ3) is 3.98. The molecule has 0 radical (unpaired) electrons. The van der Waals surface area contributed by atoms with E-state index in [9.17, 15) is 4.79 Å². The fraction of sp³-hybridized carbons (Fsp3) is 0.118. The number of thioether (sulfide) groups is 1. The summed E-state index contributed by atoms with van der Waals surface area (Å²) in [5.41, 5.74) is 15.3. The van der Waals surface area contributed by atoms with Crippen LogP contribution in [0, 0.1) is 12.3 Å². The number of allylic oxidation sites excluding steroid dienone is 1. The molecule has 0 aliphatic heterocycles. The van der Waals surface area contributed by atoms with Gasteiger partial charge in [-0.2, -0.15) is 0 Å². The van der Waals surface area contributed by atoms with Crippen molar-refractivity contribution in [3.63, 3.8) is 0 Å². The minimum atomic E-state index is 0.132. The number of para-hydroxylation sites is 1. The summed E-state index contributed by atoms with van der Waals surface area (Å²) in [4.78, 5) is 15.7. The molecule has 23 heavy (non-hydrogen) atoms. The standard InChI is InChI=1S/C17H18N4OS/c1-11-4-2-6-13(16(11)20)15(19)10-23-17(14(18)9-22)12-5-3-7-21-8-12/h2-9,19H,10,18,20H2,1H3/b17-14-,19-15?. The maximum absolute atomic E-state index is 11.0. The first kappa shape index (κ1) is 16.8. The molecule has 1 aromatic carbocycles. The molecule has 0 unspecified atom stereocenters. The van der Waals surface area contributed by atoms with Crippen LogP contribution in [0.5, 0.6) is 0 Å². The van der Waals surface area contributed by atoms with E-state index in [1.807, 2.05) is 31.2 Å². The Morgan fingerprint density at radius 1 is 1.35 bits per heavy atom. The monoisotopic (exact) mass is 326 g/mol. The molecule has 0 spiro atoms. The predicted octanol–water partition coefficient (Wildman–Crippen LogP) is 2.60. The Kier molecular flexibility index (Phi) is 5.54. The maximum Gasteiger partial charge on any atom is 0.166 e. The summed E-state index contributed by atoms with van der Waals surface area (Å²) in [6, 6.07) is 9.21. The number of aromatic nitrogens is 1. The Labute approximate surface area is 139 Å². The largest absolute Gasteiger partial charge is 0.398 e. The van der Waals surface area contributed by atoms with Gasteiger partial charge >= 0.3 is 0 Å². The van der Waals surface area contributed by atoms with Gasteiger partial charge in [-0.3, -0.25) is 9.78 Å². The lowest BCUT2D eigenvalue weighted by molar-refractivity contribution is -0.104. The van der Waals surface area contributed by atoms with E-state index in [1.165, 1.54) is 11.8 Å². The van der Waals surface area contributed by atoms with Gasteiger partial charge in [0.25, 0.3) is 0 Å². The lowest BCUT2D eigenvalue weighted by Crippen LogP contribution is -2.09. The van der Waals surface area contributed by atoms with Crippen LogP contribution < -0.4 is 11.5 Å². The molecular weight excluding hydrogens is 308 g/mol. The van der Waals surface area contributed by atoms with Gasteiger partial charge in [-0.1, -0.05) is 24.3 Å². The fourth-order valence-corrected chi connectivity index (χ4v) is 3.00. The van der Waals surface area contributed by atoms with Crippen LogP contribution in [0.1, 0.15) is 16.7 Å². The van der Waals surface area contributed by atoms with Gasteiger partial charge in [0, 0.05) is 39.9 Å². The van der Waals surface area contributed by atoms with Crippen molar-refractivity contribution >= 4 is 34.4 Å². The van der Waals surface area contributed by atoms with Gasteiger partial charge in [-0.05, 0) is 18.6 Å². The van der Waals surface area contributed by atoms with Gasteiger partial charge in [0.1, 0.15) is 0 Å². The summed E-state index contributed by atoms with van der Waals surface area (Å²) in [6.07, 6.45) is 3.90. The number of hydrogen-bond acceptors (Lipinski definition) is 6. The van der Waals surface area contributed by atoms with Crippen molar-refractivity contribution in [2.45, 2.75) is 6.92 Å². The molecule has 0 bridgehead atoms. The summed E-state index contributed by atoms with van der Waals surface area (Å²) >= 11 is 1.33. The maximum atomic E-state index is 11.0. The van der Waals surface area contributed by atoms with Crippen molar-refractivity contribution in [1.82, 2.24) is 4.98 Å². The molecule has 0 aliphatic carbocycles. The first-order valence-electron chi connectivity index (χ1n) is 6.95. The van der Waals surface area contributed by atoms with E-state index in [4.69, 9.17) is 16.9 Å². The average molecular weight is 326 g/mol. The van der Waals surface area contributed by atoms with Crippen LogP contribution in [0.15, 0.2) is 48.4 Å². The van der Waals surface area contributed by atoms with E-state index in [0.29, 0.717) is 33.9 Å². The Hall–Kier alpha value is -2.60. The van der Waals surface area contributed by atoms with Gasteiger partial charge in [0.15, 0.2) is 6.29 Å². The molecule has 0 saturated carbocycles. The first-order chi connectivity index (χ1) is 11.0. The molecule has 118 valence electrons. The highest BCUT2D eigenvalue weighted by Crippen LogP contribution is 2.29. The summed E-state index contributed by atoms with van der Waals surface area (Å²) in [5, 5.41) is 8.25. The Morgan fingerprint density at radius 3 is 2.78 bits per heavy atom. The van der Waals surface area contributed by atoms with Gasteiger partial charge in [-0.25, -0.2) is 0 Å². The fourth-order valence-electron chi connectivity index (χ4n) is 2.05. The second kappa shape index (κ2) is 7.60. The van der Waals surface area contributed by atoms with Crippen LogP contribution in [0.3, 0.4) is 0 Å². The van der Waals surface area contributed by atoms with Crippen LogP contribution in [0.25, 0.3) is 4.91 Å². The van der Waals surface area contributed by atoms with E-state index < -0.39 is 0 Å². The van der Waals surface area contributed by atoms with Crippen molar-refractivity contribution in [3.05, 3.63) is 65.1 Å². The molecule has 1 aromatic heterocycles. The topological polar surface area (TPSA) is 106 Å². The number of carbonyl (C=O) groups is 1. The van der Waals surface area contributed by atoms with E-state index >= 15 is 0 Å². The molecule has 0 amide bonds. The number of hydrogen-bond donors (Lipinski definition) is 3. The van der Waals surface area contributed by atoms with Crippen LogP contribution in [0.2, 0.25) is 0 Å². The highest BCUT2D eigenvalue weighted by molar-refractivity contribution is 8.09. The third-order valence-electron chi connectivity index (χ3n) is 3.32. The van der Waals surface area contributed by atoms with Crippen molar-refractivity contribution in [2.75, 3.05) is 11.5 Å². The Balaban J connectivity index is 2.21. The number of nitrogens with zero attached hydrogens (tertiary/aromatic N) is 1. The number of aryl methyl sites for hydroxylation is 1. The van der Waals surface area contributed by atoms with Crippen LogP contribution in [-0.2, 0) is 4.79 Å². The average Bonchev–Trinajstić information content (AvgIpc) is 2.58. The van der Waals surface area contributed by atoms with Gasteiger partial charge in [0.2, 0.25) is 0 Å². The molecule has 1 heterocycles. The first-order valence-corrected chi connectivity index (χ1v) is 7.94. The molecule has 5 N–H and O–H groups in total. The smallest absolute Gasteiger partial charge is 0.166 e. The van der Waals surface area contributed by atoms with Crippen molar-refractivity contribution in [1.29, 1.82) is 5.41 Å². The van der Waals surface area contributed by atoms with Crippen molar-refractivity contribution in [3.8, 4) is 0 Å². The Bertz CT molecular complexity index is 756. The molecule has 6 heteroatoms. The number of nitrogens with one attached hydrogen (secondary N) is 1. The molecule has 0 fully saturated rings. The lowest BCUT2D eigenvalue weighted by atomic mass is 10.1. The quantitative estimate of drug-likeness (QED) is 0.327. The zero-order chi connectivity index (χ0) is 16.8. The molecule has 2 rings (SSSR count). The number of anilines is 1. The third-order valence-corrected chi connectivity index (χ3v) is 4.52.